The molecule has 0 bridgehead atoms. The molecule has 32 heavy (non-hydrogen) atoms. The van der Waals surface area contributed by atoms with Crippen molar-refractivity contribution in [2.45, 2.75) is 26.2 Å². The van der Waals surface area contributed by atoms with E-state index in [4.69, 9.17) is 16.0 Å². The lowest BCUT2D eigenvalue weighted by Crippen LogP contribution is -2.12. The van der Waals surface area contributed by atoms with Crippen LogP contribution in [-0.2, 0) is 0 Å². The van der Waals surface area contributed by atoms with E-state index in [0.717, 1.165) is 18.0 Å². The number of aromatic nitrogens is 1. The number of rotatable bonds is 6. The predicted molar refractivity (Wildman–Crippen MR) is 124 cm³/mol. The van der Waals surface area contributed by atoms with Crippen molar-refractivity contribution in [1.82, 2.24) is 4.98 Å². The van der Waals surface area contributed by atoms with Gasteiger partial charge in [-0.2, -0.15) is 0 Å². The lowest BCUT2D eigenvalue weighted by Gasteiger charge is -2.07. The number of carbonyl (C=O) groups is 1. The molecule has 8 heteroatoms. The number of oxazole rings is 1. The molecular formula is C24H20ClN3O4. The van der Waals surface area contributed by atoms with Gasteiger partial charge in [0.2, 0.25) is 5.89 Å². The van der Waals surface area contributed by atoms with Crippen molar-refractivity contribution < 1.29 is 14.1 Å². The summed E-state index contributed by atoms with van der Waals surface area (Å²) in [7, 11) is 0. The Kier molecular flexibility index (Phi) is 5.92. The minimum absolute atomic E-state index is 0.0192. The van der Waals surface area contributed by atoms with E-state index in [1.807, 2.05) is 24.3 Å². The zero-order valence-electron chi connectivity index (χ0n) is 17.5. The molecule has 0 aliphatic rings. The van der Waals surface area contributed by atoms with Crippen molar-refractivity contribution in [1.29, 1.82) is 0 Å². The molecule has 0 aliphatic carbocycles. The summed E-state index contributed by atoms with van der Waals surface area (Å²) in [6, 6.07) is 16.8. The fraction of sp³-hybridized carbons (Fsp3) is 0.167. The Bertz CT molecular complexity index is 1330. The highest BCUT2D eigenvalue weighted by atomic mass is 35.5. The standard InChI is InChI=1S/C24H20ClN3O4/c1-3-14(2)15-7-10-22-21(12-15)27-24(32-22)16-5-4-6-17(11-16)26-23(29)19-13-18(28(30)31)8-9-20(19)25/h4-14H,3H2,1-2H3,(H,26,29)/t14-/m0/s1. The van der Waals surface area contributed by atoms with Gasteiger partial charge >= 0.3 is 0 Å². The van der Waals surface area contributed by atoms with Crippen LogP contribution in [0.2, 0.25) is 5.02 Å². The van der Waals surface area contributed by atoms with Crippen molar-refractivity contribution >= 4 is 40.0 Å². The number of nitrogens with zero attached hydrogens (tertiary/aromatic N) is 2. The second kappa shape index (κ2) is 8.80. The van der Waals surface area contributed by atoms with Crippen LogP contribution >= 0.6 is 11.6 Å². The van der Waals surface area contributed by atoms with Crippen LogP contribution in [0.4, 0.5) is 11.4 Å². The molecule has 0 saturated carbocycles. The molecule has 3 aromatic carbocycles. The van der Waals surface area contributed by atoms with Crippen LogP contribution in [0, 0.1) is 10.1 Å². The van der Waals surface area contributed by atoms with Crippen LogP contribution in [0.1, 0.15) is 42.1 Å². The average molecular weight is 450 g/mol. The molecule has 0 unspecified atom stereocenters. The Morgan fingerprint density at radius 2 is 2.00 bits per heavy atom. The van der Waals surface area contributed by atoms with Crippen LogP contribution in [0.5, 0.6) is 0 Å². The predicted octanol–water partition coefficient (Wildman–Crippen LogP) is 6.82. The van der Waals surface area contributed by atoms with Gasteiger partial charge in [0.15, 0.2) is 5.58 Å². The van der Waals surface area contributed by atoms with E-state index in [2.05, 4.69) is 24.1 Å². The molecule has 1 atom stereocenters. The maximum Gasteiger partial charge on any atom is 0.270 e. The van der Waals surface area contributed by atoms with Gasteiger partial charge in [0, 0.05) is 23.4 Å². The maximum atomic E-state index is 12.7. The van der Waals surface area contributed by atoms with Gasteiger partial charge in [-0.1, -0.05) is 37.6 Å². The largest absolute Gasteiger partial charge is 0.436 e. The highest BCUT2D eigenvalue weighted by molar-refractivity contribution is 6.34. The van der Waals surface area contributed by atoms with Crippen LogP contribution in [0.15, 0.2) is 65.1 Å². The molecule has 1 N–H and O–H groups in total. The first-order valence-corrected chi connectivity index (χ1v) is 10.5. The van der Waals surface area contributed by atoms with E-state index in [1.165, 1.54) is 17.7 Å². The first-order valence-electron chi connectivity index (χ1n) is 10.1. The number of halogens is 1. The van der Waals surface area contributed by atoms with E-state index in [1.54, 1.807) is 18.2 Å². The number of amides is 1. The van der Waals surface area contributed by atoms with Crippen LogP contribution in [0.3, 0.4) is 0 Å². The average Bonchev–Trinajstić information content (AvgIpc) is 3.22. The lowest BCUT2D eigenvalue weighted by molar-refractivity contribution is -0.384. The van der Waals surface area contributed by atoms with E-state index in [0.29, 0.717) is 28.6 Å². The molecule has 1 amide bonds. The van der Waals surface area contributed by atoms with Gasteiger partial charge in [-0.15, -0.1) is 0 Å². The number of carbonyl (C=O) groups excluding carboxylic acids is 1. The van der Waals surface area contributed by atoms with E-state index in [9.17, 15) is 14.9 Å². The smallest absolute Gasteiger partial charge is 0.270 e. The fourth-order valence-corrected chi connectivity index (χ4v) is 3.54. The lowest BCUT2D eigenvalue weighted by atomic mass is 9.98. The number of nitro groups is 1. The molecule has 1 heterocycles. The summed E-state index contributed by atoms with van der Waals surface area (Å²) in [5, 5.41) is 13.9. The van der Waals surface area contributed by atoms with Crippen LogP contribution < -0.4 is 5.32 Å². The summed E-state index contributed by atoms with van der Waals surface area (Å²) in [6.07, 6.45) is 1.03. The normalized spacial score (nSPS) is 12.0. The molecule has 0 fully saturated rings. The number of fused-ring (bicyclic) bond motifs is 1. The number of benzene rings is 3. The van der Waals surface area contributed by atoms with Gasteiger partial charge in [-0.25, -0.2) is 4.98 Å². The summed E-state index contributed by atoms with van der Waals surface area (Å²) in [4.78, 5) is 27.7. The Balaban J connectivity index is 1.61. The van der Waals surface area contributed by atoms with Gasteiger partial charge in [0.05, 0.1) is 15.5 Å². The summed E-state index contributed by atoms with van der Waals surface area (Å²) in [5.74, 6) is 0.316. The first-order chi connectivity index (χ1) is 15.4. The van der Waals surface area contributed by atoms with Crippen LogP contribution in [-0.4, -0.2) is 15.8 Å². The second-order valence-corrected chi connectivity index (χ2v) is 7.92. The molecule has 0 saturated heterocycles. The second-order valence-electron chi connectivity index (χ2n) is 7.51. The molecule has 0 spiro atoms. The third kappa shape index (κ3) is 4.33. The third-order valence-electron chi connectivity index (χ3n) is 5.37. The Morgan fingerprint density at radius 1 is 1.19 bits per heavy atom. The Labute approximate surface area is 189 Å². The number of nitro benzene ring substituents is 1. The maximum absolute atomic E-state index is 12.7. The number of non-ortho nitro benzene ring substituents is 1. The first kappa shape index (κ1) is 21.5. The number of hydrogen-bond acceptors (Lipinski definition) is 5. The number of hydrogen-bond donors (Lipinski definition) is 1. The number of anilines is 1. The molecule has 162 valence electrons. The zero-order chi connectivity index (χ0) is 22.8. The molecular weight excluding hydrogens is 430 g/mol. The monoisotopic (exact) mass is 449 g/mol. The fourth-order valence-electron chi connectivity index (χ4n) is 3.34. The minimum atomic E-state index is -0.576. The Hall–Kier alpha value is -3.71. The molecule has 4 aromatic rings. The topological polar surface area (TPSA) is 98.3 Å². The molecule has 0 aliphatic heterocycles. The highest BCUT2D eigenvalue weighted by Gasteiger charge is 2.17. The molecule has 4 rings (SSSR count). The van der Waals surface area contributed by atoms with E-state index < -0.39 is 10.8 Å². The van der Waals surface area contributed by atoms with E-state index in [-0.39, 0.29) is 16.3 Å². The van der Waals surface area contributed by atoms with Gasteiger partial charge in [0.1, 0.15) is 5.52 Å². The van der Waals surface area contributed by atoms with Crippen molar-refractivity contribution in [2.75, 3.05) is 5.32 Å². The van der Waals surface area contributed by atoms with Crippen LogP contribution in [0.25, 0.3) is 22.6 Å². The van der Waals surface area contributed by atoms with Gasteiger partial charge in [-0.3, -0.25) is 14.9 Å². The SMILES string of the molecule is CC[C@H](C)c1ccc2oc(-c3cccc(NC(=O)c4cc([N+](=O)[O-])ccc4Cl)c3)nc2c1. The third-order valence-corrected chi connectivity index (χ3v) is 5.70. The van der Waals surface area contributed by atoms with E-state index >= 15 is 0 Å². The highest BCUT2D eigenvalue weighted by Crippen LogP contribution is 2.29. The zero-order valence-corrected chi connectivity index (χ0v) is 18.2. The molecule has 0 radical (unpaired) electrons. The van der Waals surface area contributed by atoms with Crippen molar-refractivity contribution in [3.05, 3.63) is 86.9 Å². The summed E-state index contributed by atoms with van der Waals surface area (Å²) >= 11 is 6.07. The van der Waals surface area contributed by atoms with Gasteiger partial charge < -0.3 is 9.73 Å². The van der Waals surface area contributed by atoms with Crippen molar-refractivity contribution in [3.8, 4) is 11.5 Å². The summed E-state index contributed by atoms with van der Waals surface area (Å²) in [5.41, 5.74) is 3.64. The minimum Gasteiger partial charge on any atom is -0.436 e. The molecule has 1 aromatic heterocycles. The summed E-state index contributed by atoms with van der Waals surface area (Å²) < 4.78 is 5.91. The quantitative estimate of drug-likeness (QED) is 0.257. The van der Waals surface area contributed by atoms with Crippen molar-refractivity contribution in [3.63, 3.8) is 0 Å². The summed E-state index contributed by atoms with van der Waals surface area (Å²) in [6.45, 7) is 4.31. The van der Waals surface area contributed by atoms with Crippen molar-refractivity contribution in [2.24, 2.45) is 0 Å². The number of nitrogens with one attached hydrogen (secondary N) is 1. The van der Waals surface area contributed by atoms with Gasteiger partial charge in [0.25, 0.3) is 11.6 Å². The van der Waals surface area contributed by atoms with Gasteiger partial charge in [-0.05, 0) is 54.3 Å². The Morgan fingerprint density at radius 3 is 2.75 bits per heavy atom. The molecule has 7 nitrogen and oxygen atoms in total.